The number of thioether (sulfide) groups is 1. The number of esters is 1. The Balaban J connectivity index is 1.57. The lowest BCUT2D eigenvalue weighted by Crippen LogP contribution is -2.61. The molecule has 9 heteroatoms. The standard InChI is InChI=1S/C27H36N2O6S/c1-17(2)21-14-22-27(26(32)33-3,24(35-21)18-6-7-18)15-19(13-23(30)28-8-11-36-12-9-28)25(31)29(22)16-20-5-4-10-34-20/h4-5,10,14,17-19,21,24H,6-9,11-13,15-16H2,1-3H3/t19-,21+,24+,27+/m0/s1. The third kappa shape index (κ3) is 4.60. The molecule has 0 spiro atoms. The van der Waals surface area contributed by atoms with Crippen molar-refractivity contribution < 1.29 is 28.3 Å². The first kappa shape index (κ1) is 25.4. The number of likely N-dealkylation sites (tertiary alicyclic amines) is 1. The third-order valence-corrected chi connectivity index (χ3v) is 8.92. The van der Waals surface area contributed by atoms with E-state index in [1.165, 1.54) is 7.11 Å². The number of piperidine rings is 1. The van der Waals surface area contributed by atoms with E-state index in [4.69, 9.17) is 13.9 Å². The number of rotatable bonds is 7. The summed E-state index contributed by atoms with van der Waals surface area (Å²) in [5, 5.41) is 0. The molecule has 3 aliphatic heterocycles. The number of methoxy groups -OCH3 is 1. The zero-order valence-corrected chi connectivity index (χ0v) is 22.1. The molecule has 4 heterocycles. The monoisotopic (exact) mass is 516 g/mol. The Morgan fingerprint density at radius 3 is 2.61 bits per heavy atom. The highest BCUT2D eigenvalue weighted by Gasteiger charge is 2.64. The molecule has 4 aliphatic rings. The van der Waals surface area contributed by atoms with Gasteiger partial charge in [-0.3, -0.25) is 14.4 Å². The molecule has 1 aromatic heterocycles. The lowest BCUT2D eigenvalue weighted by atomic mass is 9.64. The minimum atomic E-state index is -1.13. The predicted octanol–water partition coefficient (Wildman–Crippen LogP) is 3.47. The largest absolute Gasteiger partial charge is 0.468 e. The van der Waals surface area contributed by atoms with Crippen LogP contribution in [0.5, 0.6) is 0 Å². The Kier molecular flexibility index (Phi) is 7.23. The van der Waals surface area contributed by atoms with Gasteiger partial charge < -0.3 is 23.7 Å². The van der Waals surface area contributed by atoms with Crippen LogP contribution in [-0.2, 0) is 30.4 Å². The highest BCUT2D eigenvalue weighted by Crippen LogP contribution is 2.56. The summed E-state index contributed by atoms with van der Waals surface area (Å²) in [4.78, 5) is 44.5. The molecule has 0 unspecified atom stereocenters. The first-order valence-electron chi connectivity index (χ1n) is 13.0. The molecule has 5 rings (SSSR count). The van der Waals surface area contributed by atoms with Gasteiger partial charge in [0.2, 0.25) is 11.8 Å². The average Bonchev–Trinajstić information content (AvgIpc) is 3.60. The van der Waals surface area contributed by atoms with Crippen molar-refractivity contribution in [1.29, 1.82) is 0 Å². The average molecular weight is 517 g/mol. The van der Waals surface area contributed by atoms with Gasteiger partial charge in [-0.05, 0) is 49.3 Å². The summed E-state index contributed by atoms with van der Waals surface area (Å²) in [6.07, 6.45) is 5.16. The fourth-order valence-corrected chi connectivity index (χ4v) is 6.83. The molecule has 8 nitrogen and oxygen atoms in total. The van der Waals surface area contributed by atoms with Crippen molar-refractivity contribution in [3.05, 3.63) is 35.9 Å². The molecule has 36 heavy (non-hydrogen) atoms. The minimum Gasteiger partial charge on any atom is -0.468 e. The van der Waals surface area contributed by atoms with Crippen molar-refractivity contribution >= 4 is 29.5 Å². The van der Waals surface area contributed by atoms with Crippen LogP contribution in [0, 0.1) is 23.2 Å². The van der Waals surface area contributed by atoms with Crippen LogP contribution < -0.4 is 0 Å². The molecule has 4 atom stereocenters. The molecule has 0 bridgehead atoms. The van der Waals surface area contributed by atoms with Gasteiger partial charge in [0.25, 0.3) is 0 Å². The smallest absolute Gasteiger partial charge is 0.320 e. The summed E-state index contributed by atoms with van der Waals surface area (Å²) in [5.41, 5.74) is -0.486. The zero-order valence-electron chi connectivity index (χ0n) is 21.3. The zero-order chi connectivity index (χ0) is 25.4. The van der Waals surface area contributed by atoms with Crippen LogP contribution in [0.15, 0.2) is 34.6 Å². The van der Waals surface area contributed by atoms with E-state index in [1.807, 2.05) is 28.8 Å². The SMILES string of the molecule is COC(=O)[C@]12C[C@H](CC(=O)N3CCSCC3)C(=O)N(Cc3ccco3)C1=C[C@H](C(C)C)O[C@@H]2C1CC1. The van der Waals surface area contributed by atoms with Crippen LogP contribution in [0.25, 0.3) is 0 Å². The fraction of sp³-hybridized carbons (Fsp3) is 0.667. The van der Waals surface area contributed by atoms with Crippen molar-refractivity contribution in [2.24, 2.45) is 23.2 Å². The van der Waals surface area contributed by atoms with E-state index in [0.717, 1.165) is 24.3 Å². The summed E-state index contributed by atoms with van der Waals surface area (Å²) >= 11 is 1.83. The Morgan fingerprint density at radius 2 is 2.00 bits per heavy atom. The van der Waals surface area contributed by atoms with Crippen molar-refractivity contribution in [2.45, 2.75) is 58.3 Å². The molecular weight excluding hydrogens is 480 g/mol. The van der Waals surface area contributed by atoms with Crippen molar-refractivity contribution in [3.8, 4) is 0 Å². The predicted molar refractivity (Wildman–Crippen MR) is 135 cm³/mol. The highest BCUT2D eigenvalue weighted by molar-refractivity contribution is 7.99. The van der Waals surface area contributed by atoms with E-state index >= 15 is 0 Å². The minimum absolute atomic E-state index is 0.0289. The second-order valence-corrected chi connectivity index (χ2v) is 11.9. The topological polar surface area (TPSA) is 89.3 Å². The van der Waals surface area contributed by atoms with Gasteiger partial charge in [-0.1, -0.05) is 13.8 Å². The molecule has 1 aromatic rings. The van der Waals surface area contributed by atoms with Crippen LogP contribution in [0.1, 0.15) is 45.3 Å². The van der Waals surface area contributed by atoms with Crippen LogP contribution >= 0.6 is 11.8 Å². The second-order valence-electron chi connectivity index (χ2n) is 10.7. The molecule has 2 saturated heterocycles. The van der Waals surface area contributed by atoms with Crippen molar-refractivity contribution in [1.82, 2.24) is 9.80 Å². The van der Waals surface area contributed by atoms with E-state index in [-0.39, 0.29) is 49.1 Å². The van der Waals surface area contributed by atoms with E-state index in [2.05, 4.69) is 13.8 Å². The van der Waals surface area contributed by atoms with Crippen LogP contribution in [0.3, 0.4) is 0 Å². The quantitative estimate of drug-likeness (QED) is 0.513. The number of hydrogen-bond acceptors (Lipinski definition) is 7. The normalized spacial score (nSPS) is 30.7. The van der Waals surface area contributed by atoms with E-state index < -0.39 is 23.4 Å². The number of furan rings is 1. The van der Waals surface area contributed by atoms with Crippen molar-refractivity contribution in [2.75, 3.05) is 31.7 Å². The molecule has 0 N–H and O–H groups in total. The fourth-order valence-electron chi connectivity index (χ4n) is 5.92. The maximum Gasteiger partial charge on any atom is 0.320 e. The van der Waals surface area contributed by atoms with Gasteiger partial charge in [0.15, 0.2) is 0 Å². The summed E-state index contributed by atoms with van der Waals surface area (Å²) in [7, 11) is 1.39. The molecular formula is C27H36N2O6S. The molecule has 1 aliphatic carbocycles. The first-order valence-corrected chi connectivity index (χ1v) is 14.2. The Morgan fingerprint density at radius 1 is 1.25 bits per heavy atom. The van der Waals surface area contributed by atoms with Crippen LogP contribution in [0.4, 0.5) is 0 Å². The van der Waals surface area contributed by atoms with Crippen LogP contribution in [-0.4, -0.2) is 71.5 Å². The van der Waals surface area contributed by atoms with Crippen LogP contribution in [0.2, 0.25) is 0 Å². The summed E-state index contributed by atoms with van der Waals surface area (Å²) in [5.74, 6) is 1.63. The summed E-state index contributed by atoms with van der Waals surface area (Å²) < 4.78 is 17.7. The first-order chi connectivity index (χ1) is 17.3. The number of fused-ring (bicyclic) bond motifs is 1. The van der Waals surface area contributed by atoms with Gasteiger partial charge in [-0.15, -0.1) is 0 Å². The molecule has 0 aromatic carbocycles. The molecule has 2 amide bonds. The lowest BCUT2D eigenvalue weighted by Gasteiger charge is -2.53. The van der Waals surface area contributed by atoms with E-state index in [1.54, 1.807) is 17.2 Å². The Labute approximate surface area is 216 Å². The van der Waals surface area contributed by atoms with E-state index in [0.29, 0.717) is 24.5 Å². The summed E-state index contributed by atoms with van der Waals surface area (Å²) in [6, 6.07) is 3.61. The summed E-state index contributed by atoms with van der Waals surface area (Å²) in [6.45, 7) is 5.74. The molecule has 0 radical (unpaired) electrons. The number of carbonyl (C=O) groups excluding carboxylic acids is 3. The van der Waals surface area contributed by atoms with Crippen molar-refractivity contribution in [3.63, 3.8) is 0 Å². The lowest BCUT2D eigenvalue weighted by molar-refractivity contribution is -0.182. The maximum atomic E-state index is 14.0. The van der Waals surface area contributed by atoms with E-state index in [9.17, 15) is 14.4 Å². The van der Waals surface area contributed by atoms with Gasteiger partial charge in [0.1, 0.15) is 11.2 Å². The molecule has 1 saturated carbocycles. The number of hydrogen-bond donors (Lipinski definition) is 0. The molecule has 196 valence electrons. The molecule has 3 fully saturated rings. The van der Waals surface area contributed by atoms with Gasteiger partial charge >= 0.3 is 5.97 Å². The van der Waals surface area contributed by atoms with Gasteiger partial charge in [0, 0.05) is 42.6 Å². The maximum absolute atomic E-state index is 14.0. The van der Waals surface area contributed by atoms with Gasteiger partial charge in [-0.2, -0.15) is 11.8 Å². The Hall–Kier alpha value is -2.26. The van der Waals surface area contributed by atoms with Gasteiger partial charge in [0.05, 0.1) is 32.1 Å². The third-order valence-electron chi connectivity index (χ3n) is 7.98. The highest BCUT2D eigenvalue weighted by atomic mass is 32.2. The Bertz CT molecular complexity index is 1010. The number of ether oxygens (including phenoxy) is 2. The second kappa shape index (κ2) is 10.2. The number of carbonyl (C=O) groups is 3. The number of nitrogens with zero attached hydrogens (tertiary/aromatic N) is 2. The number of amides is 2. The van der Waals surface area contributed by atoms with Gasteiger partial charge in [-0.25, -0.2) is 0 Å².